The van der Waals surface area contributed by atoms with Crippen LogP contribution in [-0.2, 0) is 28.7 Å². The number of carbonyl (C=O) groups excluding carboxylic acids is 2. The minimum absolute atomic E-state index is 0.108. The monoisotopic (exact) mass is 537 g/mol. The third-order valence-electron chi connectivity index (χ3n) is 6.53. The quantitative estimate of drug-likeness (QED) is 0.273. The van der Waals surface area contributed by atoms with E-state index in [1.807, 2.05) is 30.5 Å². The highest BCUT2D eigenvalue weighted by atomic mass is 19.4. The van der Waals surface area contributed by atoms with Gasteiger partial charge in [0.1, 0.15) is 6.54 Å². The number of aromatic amines is 1. The van der Waals surface area contributed by atoms with Gasteiger partial charge in [-0.2, -0.15) is 13.2 Å². The maximum atomic E-state index is 13.6. The van der Waals surface area contributed by atoms with Crippen LogP contribution in [0.1, 0.15) is 27.0 Å². The van der Waals surface area contributed by atoms with Gasteiger partial charge in [-0.3, -0.25) is 9.59 Å². The minimum atomic E-state index is -4.44. The van der Waals surface area contributed by atoms with E-state index in [2.05, 4.69) is 4.98 Å². The molecule has 1 N–H and O–H groups in total. The van der Waals surface area contributed by atoms with Crippen molar-refractivity contribution < 1.29 is 27.5 Å². The van der Waals surface area contributed by atoms with Gasteiger partial charge in [0.25, 0.3) is 5.91 Å². The van der Waals surface area contributed by atoms with Gasteiger partial charge >= 0.3 is 6.18 Å². The number of methoxy groups -OCH3 is 1. The molecular formula is C30H30F3N3O3. The van der Waals surface area contributed by atoms with E-state index in [0.29, 0.717) is 24.1 Å². The lowest BCUT2D eigenvalue weighted by Gasteiger charge is -2.28. The molecule has 1 aromatic heterocycles. The van der Waals surface area contributed by atoms with Gasteiger partial charge in [0, 0.05) is 49.4 Å². The molecule has 0 atom stereocenters. The van der Waals surface area contributed by atoms with Crippen molar-refractivity contribution in [3.63, 3.8) is 0 Å². The molecule has 0 saturated heterocycles. The summed E-state index contributed by atoms with van der Waals surface area (Å²) in [5.41, 5.74) is 2.27. The Morgan fingerprint density at radius 1 is 0.872 bits per heavy atom. The Hall–Kier alpha value is -4.11. The summed E-state index contributed by atoms with van der Waals surface area (Å²) in [5.74, 6) is -0.609. The van der Waals surface area contributed by atoms with E-state index in [9.17, 15) is 22.8 Å². The number of rotatable bonds is 11. The van der Waals surface area contributed by atoms with Gasteiger partial charge in [0.05, 0.1) is 12.2 Å². The van der Waals surface area contributed by atoms with Crippen molar-refractivity contribution in [2.75, 3.05) is 33.4 Å². The third-order valence-corrected chi connectivity index (χ3v) is 6.53. The van der Waals surface area contributed by atoms with Crippen LogP contribution >= 0.6 is 0 Å². The van der Waals surface area contributed by atoms with E-state index in [1.54, 1.807) is 35.2 Å². The Kier molecular flexibility index (Phi) is 9.03. The van der Waals surface area contributed by atoms with Crippen LogP contribution in [0.25, 0.3) is 10.9 Å². The molecular weight excluding hydrogens is 507 g/mol. The van der Waals surface area contributed by atoms with Crippen LogP contribution in [0.15, 0.2) is 85.1 Å². The van der Waals surface area contributed by atoms with Gasteiger partial charge in [0.15, 0.2) is 0 Å². The Balaban J connectivity index is 1.55. The fraction of sp³-hybridized carbons (Fsp3) is 0.267. The standard InChI is InChI=1S/C30H30F3N3O3/c1-39-18-17-36(29(38)23-7-3-2-4-8-23)21-28(37)35(20-22-11-13-25(14-12-22)30(31,32)33)16-15-24-19-34-27-10-6-5-9-26(24)27/h2-14,19,34H,15-18,20-21H2,1H3. The fourth-order valence-electron chi connectivity index (χ4n) is 4.39. The van der Waals surface area contributed by atoms with Crippen molar-refractivity contribution in [1.29, 1.82) is 0 Å². The maximum Gasteiger partial charge on any atom is 0.416 e. The summed E-state index contributed by atoms with van der Waals surface area (Å²) in [4.78, 5) is 33.0. The molecule has 0 unspecified atom stereocenters. The van der Waals surface area contributed by atoms with Crippen molar-refractivity contribution in [2.24, 2.45) is 0 Å². The zero-order chi connectivity index (χ0) is 27.8. The average Bonchev–Trinajstić information content (AvgIpc) is 3.36. The number of para-hydroxylation sites is 1. The van der Waals surface area contributed by atoms with Gasteiger partial charge < -0.3 is 19.5 Å². The topological polar surface area (TPSA) is 65.6 Å². The van der Waals surface area contributed by atoms with Gasteiger partial charge in [-0.25, -0.2) is 0 Å². The molecule has 2 amide bonds. The number of benzene rings is 3. The molecule has 3 aromatic carbocycles. The summed E-state index contributed by atoms with van der Waals surface area (Å²) >= 11 is 0. The normalized spacial score (nSPS) is 11.5. The number of fused-ring (bicyclic) bond motifs is 1. The zero-order valence-corrected chi connectivity index (χ0v) is 21.6. The first-order valence-corrected chi connectivity index (χ1v) is 12.6. The van der Waals surface area contributed by atoms with Gasteiger partial charge in [-0.15, -0.1) is 0 Å². The molecule has 4 aromatic rings. The molecule has 4 rings (SSSR count). The van der Waals surface area contributed by atoms with Gasteiger partial charge in [-0.05, 0) is 47.9 Å². The van der Waals surface area contributed by atoms with Crippen molar-refractivity contribution in [3.05, 3.63) is 107 Å². The van der Waals surface area contributed by atoms with E-state index >= 15 is 0 Å². The number of amides is 2. The lowest BCUT2D eigenvalue weighted by molar-refractivity contribution is -0.137. The van der Waals surface area contributed by atoms with Gasteiger partial charge in [0.2, 0.25) is 5.91 Å². The number of alkyl halides is 3. The summed E-state index contributed by atoms with van der Waals surface area (Å²) in [6, 6.07) is 21.3. The highest BCUT2D eigenvalue weighted by Crippen LogP contribution is 2.29. The molecule has 1 heterocycles. The second-order valence-electron chi connectivity index (χ2n) is 9.21. The molecule has 39 heavy (non-hydrogen) atoms. The first kappa shape index (κ1) is 27.9. The van der Waals surface area contributed by atoms with Crippen LogP contribution in [-0.4, -0.2) is 59.9 Å². The molecule has 6 nitrogen and oxygen atoms in total. The Morgan fingerprint density at radius 2 is 1.56 bits per heavy atom. The third kappa shape index (κ3) is 7.26. The Bertz CT molecular complexity index is 1390. The second kappa shape index (κ2) is 12.6. The molecule has 0 aliphatic rings. The van der Waals surface area contributed by atoms with E-state index in [4.69, 9.17) is 4.74 Å². The van der Waals surface area contributed by atoms with Crippen molar-refractivity contribution in [2.45, 2.75) is 19.1 Å². The zero-order valence-electron chi connectivity index (χ0n) is 21.6. The van der Waals surface area contributed by atoms with Crippen molar-refractivity contribution >= 4 is 22.7 Å². The first-order chi connectivity index (χ1) is 18.8. The van der Waals surface area contributed by atoms with Crippen LogP contribution in [0.3, 0.4) is 0 Å². The fourth-order valence-corrected chi connectivity index (χ4v) is 4.39. The van der Waals surface area contributed by atoms with E-state index in [1.165, 1.54) is 24.1 Å². The smallest absolute Gasteiger partial charge is 0.383 e. The highest BCUT2D eigenvalue weighted by Gasteiger charge is 2.30. The molecule has 204 valence electrons. The lowest BCUT2D eigenvalue weighted by Crippen LogP contribution is -2.44. The summed E-state index contributed by atoms with van der Waals surface area (Å²) in [6.45, 7) is 0.703. The predicted molar refractivity (Wildman–Crippen MR) is 143 cm³/mol. The van der Waals surface area contributed by atoms with Crippen LogP contribution in [0, 0.1) is 0 Å². The SMILES string of the molecule is COCCN(CC(=O)N(CCc1c[nH]c2ccccc12)Cc1ccc(C(F)(F)F)cc1)C(=O)c1ccccc1. The number of aromatic nitrogens is 1. The molecule has 9 heteroatoms. The minimum Gasteiger partial charge on any atom is -0.383 e. The van der Waals surface area contributed by atoms with Crippen LogP contribution in [0.2, 0.25) is 0 Å². The largest absolute Gasteiger partial charge is 0.416 e. The number of carbonyl (C=O) groups is 2. The Morgan fingerprint density at radius 3 is 2.26 bits per heavy atom. The van der Waals surface area contributed by atoms with E-state index < -0.39 is 11.7 Å². The number of hydrogen-bond acceptors (Lipinski definition) is 3. The predicted octanol–water partition coefficient (Wildman–Crippen LogP) is 5.55. The van der Waals surface area contributed by atoms with E-state index in [-0.39, 0.29) is 38.1 Å². The summed E-state index contributed by atoms with van der Waals surface area (Å²) in [6.07, 6.45) is -2.01. The summed E-state index contributed by atoms with van der Waals surface area (Å²) in [7, 11) is 1.52. The number of H-pyrrole nitrogens is 1. The van der Waals surface area contributed by atoms with Crippen LogP contribution in [0.5, 0.6) is 0 Å². The number of hydrogen-bond donors (Lipinski definition) is 1. The van der Waals surface area contributed by atoms with Crippen LogP contribution in [0.4, 0.5) is 13.2 Å². The molecule has 0 radical (unpaired) electrons. The molecule has 0 fully saturated rings. The number of nitrogens with one attached hydrogen (secondary N) is 1. The molecule has 0 aliphatic carbocycles. The lowest BCUT2D eigenvalue weighted by atomic mass is 10.1. The molecule has 0 saturated carbocycles. The number of ether oxygens (including phenoxy) is 1. The maximum absolute atomic E-state index is 13.6. The average molecular weight is 538 g/mol. The molecule has 0 bridgehead atoms. The number of halogens is 3. The van der Waals surface area contributed by atoms with Crippen molar-refractivity contribution in [1.82, 2.24) is 14.8 Å². The summed E-state index contributed by atoms with van der Waals surface area (Å²) < 4.78 is 44.3. The highest BCUT2D eigenvalue weighted by molar-refractivity contribution is 5.96. The van der Waals surface area contributed by atoms with Crippen molar-refractivity contribution in [3.8, 4) is 0 Å². The molecule has 0 spiro atoms. The van der Waals surface area contributed by atoms with E-state index in [0.717, 1.165) is 28.6 Å². The van der Waals surface area contributed by atoms with Crippen LogP contribution < -0.4 is 0 Å². The number of nitrogens with zero attached hydrogens (tertiary/aromatic N) is 2. The Labute approximate surface area is 225 Å². The molecule has 0 aliphatic heterocycles. The second-order valence-corrected chi connectivity index (χ2v) is 9.21. The van der Waals surface area contributed by atoms with Gasteiger partial charge in [-0.1, -0.05) is 48.5 Å². The first-order valence-electron chi connectivity index (χ1n) is 12.6. The summed E-state index contributed by atoms with van der Waals surface area (Å²) in [5, 5.41) is 1.04.